The van der Waals surface area contributed by atoms with Crippen molar-refractivity contribution in [1.29, 1.82) is 0 Å². The van der Waals surface area contributed by atoms with Crippen molar-refractivity contribution >= 4 is 34.0 Å². The number of imide groups is 1. The van der Waals surface area contributed by atoms with E-state index in [1.54, 1.807) is 0 Å². The van der Waals surface area contributed by atoms with Crippen molar-refractivity contribution in [2.45, 2.75) is 11.7 Å². The molecule has 0 aromatic heterocycles. The van der Waals surface area contributed by atoms with Crippen molar-refractivity contribution in [3.63, 3.8) is 0 Å². The van der Waals surface area contributed by atoms with Gasteiger partial charge in [0.2, 0.25) is 0 Å². The average Bonchev–Trinajstić information content (AvgIpc) is 2.76. The van der Waals surface area contributed by atoms with Crippen molar-refractivity contribution in [2.75, 3.05) is 0 Å². The second-order valence-electron chi connectivity index (χ2n) is 4.73. The molecule has 1 aliphatic rings. The van der Waals surface area contributed by atoms with E-state index in [0.29, 0.717) is 5.56 Å². The zero-order chi connectivity index (χ0) is 18.1. The number of benzene rings is 1. The van der Waals surface area contributed by atoms with Gasteiger partial charge in [0.1, 0.15) is 0 Å². The van der Waals surface area contributed by atoms with Crippen LogP contribution in [0, 0.1) is 0 Å². The maximum atomic E-state index is 11.7. The molecule has 0 radical (unpaired) electrons. The molecule has 24 heavy (non-hydrogen) atoms. The van der Waals surface area contributed by atoms with E-state index in [-0.39, 0.29) is 10.8 Å². The number of hydrogen-bond donors (Lipinski definition) is 3. The minimum Gasteiger partial charge on any atom is -0.504 e. The van der Waals surface area contributed by atoms with Crippen LogP contribution in [-0.4, -0.2) is 51.3 Å². The Morgan fingerprint density at radius 1 is 1.25 bits per heavy atom. The minimum absolute atomic E-state index is 0.0284. The highest BCUT2D eigenvalue weighted by molar-refractivity contribution is 7.87. The predicted molar refractivity (Wildman–Crippen MR) is 76.7 cm³/mol. The van der Waals surface area contributed by atoms with E-state index in [1.165, 1.54) is 12.1 Å². The molecule has 2 rings (SSSR count). The number of hydrogen-bond acceptors (Lipinski definition) is 8. The van der Waals surface area contributed by atoms with Crippen LogP contribution in [0.5, 0.6) is 11.5 Å². The smallest absolute Gasteiger partial charge is 0.356 e. The summed E-state index contributed by atoms with van der Waals surface area (Å²) in [6, 6.07) is 3.67. The molecule has 0 bridgehead atoms. The Hall–Kier alpha value is -2.92. The quantitative estimate of drug-likeness (QED) is 0.282. The molecular weight excluding hydrogens is 346 g/mol. The molecule has 128 valence electrons. The van der Waals surface area contributed by atoms with E-state index in [0.717, 1.165) is 18.2 Å². The van der Waals surface area contributed by atoms with Crippen LogP contribution in [0.4, 0.5) is 0 Å². The predicted octanol–water partition coefficient (Wildman–Crippen LogP) is -0.416. The van der Waals surface area contributed by atoms with E-state index in [9.17, 15) is 27.9 Å². The Morgan fingerprint density at radius 3 is 2.46 bits per heavy atom. The van der Waals surface area contributed by atoms with Crippen molar-refractivity contribution in [3.8, 4) is 11.5 Å². The fourth-order valence-electron chi connectivity index (χ4n) is 1.84. The molecule has 3 N–H and O–H groups in total. The van der Waals surface area contributed by atoms with Crippen LogP contribution < -0.4 is 0 Å². The maximum absolute atomic E-state index is 11.7. The topological polar surface area (TPSA) is 159 Å². The number of carbonyl (C=O) groups excluding carboxylic acids is 3. The summed E-state index contributed by atoms with van der Waals surface area (Å²) in [5.41, 5.74) is 0.303. The summed E-state index contributed by atoms with van der Waals surface area (Å²) in [4.78, 5) is 39.2. The molecule has 0 spiro atoms. The lowest BCUT2D eigenvalue weighted by Gasteiger charge is -2.11. The Labute approximate surface area is 135 Å². The van der Waals surface area contributed by atoms with Gasteiger partial charge in [0, 0.05) is 6.08 Å². The van der Waals surface area contributed by atoms with Crippen LogP contribution in [0.1, 0.15) is 12.0 Å². The summed E-state index contributed by atoms with van der Waals surface area (Å²) >= 11 is 0. The third kappa shape index (κ3) is 3.70. The van der Waals surface area contributed by atoms with Crippen molar-refractivity contribution in [3.05, 3.63) is 29.8 Å². The molecule has 1 heterocycles. The molecule has 1 fully saturated rings. The van der Waals surface area contributed by atoms with Crippen LogP contribution in [0.3, 0.4) is 0 Å². The number of carbonyl (C=O) groups is 3. The number of hydroxylamine groups is 2. The van der Waals surface area contributed by atoms with Gasteiger partial charge >= 0.3 is 5.97 Å². The molecular formula is C13H11NO9S. The standard InChI is InChI=1S/C13H11NO9S/c15-8-3-1-7(5-9(8)16)2-4-12(18)23-14-11(17)6-10(13(14)19)24(20,21)22/h1-5,10,15-16H,6H2,(H,20,21,22)/b4-2+. The highest BCUT2D eigenvalue weighted by Crippen LogP contribution is 2.25. The summed E-state index contributed by atoms with van der Waals surface area (Å²) in [5, 5.41) is 16.4. The lowest BCUT2D eigenvalue weighted by Crippen LogP contribution is -2.36. The highest BCUT2D eigenvalue weighted by atomic mass is 32.2. The summed E-state index contributed by atoms with van der Waals surface area (Å²) in [6.45, 7) is 0. The molecule has 1 aliphatic heterocycles. The van der Waals surface area contributed by atoms with Gasteiger partial charge in [-0.2, -0.15) is 8.42 Å². The van der Waals surface area contributed by atoms with E-state index < -0.39 is 45.3 Å². The lowest BCUT2D eigenvalue weighted by molar-refractivity contribution is -0.193. The van der Waals surface area contributed by atoms with Gasteiger partial charge in [-0.25, -0.2) is 4.79 Å². The first-order chi connectivity index (χ1) is 11.1. The van der Waals surface area contributed by atoms with E-state index in [1.807, 2.05) is 0 Å². The number of aromatic hydroxyl groups is 2. The monoisotopic (exact) mass is 357 g/mol. The molecule has 1 aromatic rings. The molecule has 1 aromatic carbocycles. The van der Waals surface area contributed by atoms with Gasteiger partial charge in [-0.3, -0.25) is 14.1 Å². The minimum atomic E-state index is -4.79. The summed E-state index contributed by atoms with van der Waals surface area (Å²) in [7, 11) is -4.79. The number of nitrogens with zero attached hydrogens (tertiary/aromatic N) is 1. The fourth-order valence-corrected chi connectivity index (χ4v) is 2.54. The first kappa shape index (κ1) is 17.4. The van der Waals surface area contributed by atoms with Crippen molar-refractivity contribution in [1.82, 2.24) is 5.06 Å². The summed E-state index contributed by atoms with van der Waals surface area (Å²) < 4.78 is 30.7. The van der Waals surface area contributed by atoms with Crippen LogP contribution in [0.25, 0.3) is 6.08 Å². The molecule has 0 saturated carbocycles. The van der Waals surface area contributed by atoms with E-state index in [4.69, 9.17) is 9.66 Å². The lowest BCUT2D eigenvalue weighted by atomic mass is 10.2. The normalized spacial score (nSPS) is 18.4. The Morgan fingerprint density at radius 2 is 1.92 bits per heavy atom. The SMILES string of the molecule is O=C(/C=C/c1ccc(O)c(O)c1)ON1C(=O)CC(S(=O)(=O)O)C1=O. The number of amides is 2. The molecule has 1 atom stereocenters. The Kier molecular flexibility index (Phi) is 4.57. The van der Waals surface area contributed by atoms with Crippen LogP contribution in [0.2, 0.25) is 0 Å². The van der Waals surface area contributed by atoms with Crippen molar-refractivity contribution < 1.29 is 42.4 Å². The second kappa shape index (κ2) is 6.29. The molecule has 10 nitrogen and oxygen atoms in total. The largest absolute Gasteiger partial charge is 0.504 e. The first-order valence-electron chi connectivity index (χ1n) is 6.34. The summed E-state index contributed by atoms with van der Waals surface area (Å²) in [5.74, 6) is -4.41. The molecule has 1 unspecified atom stereocenters. The van der Waals surface area contributed by atoms with Crippen molar-refractivity contribution in [2.24, 2.45) is 0 Å². The van der Waals surface area contributed by atoms with Gasteiger partial charge in [0.25, 0.3) is 21.9 Å². The maximum Gasteiger partial charge on any atom is 0.356 e. The van der Waals surface area contributed by atoms with Gasteiger partial charge in [-0.1, -0.05) is 6.07 Å². The zero-order valence-electron chi connectivity index (χ0n) is 11.8. The zero-order valence-corrected chi connectivity index (χ0v) is 12.6. The first-order valence-corrected chi connectivity index (χ1v) is 7.85. The molecule has 0 aliphatic carbocycles. The van der Waals surface area contributed by atoms with E-state index in [2.05, 4.69) is 4.84 Å². The number of phenolic OH excluding ortho intramolecular Hbond substituents is 2. The van der Waals surface area contributed by atoms with Gasteiger partial charge in [0.15, 0.2) is 16.7 Å². The Bertz CT molecular complexity index is 843. The van der Waals surface area contributed by atoms with Crippen LogP contribution >= 0.6 is 0 Å². The molecule has 2 amide bonds. The number of rotatable bonds is 4. The average molecular weight is 357 g/mol. The third-order valence-corrected chi connectivity index (χ3v) is 4.10. The van der Waals surface area contributed by atoms with Gasteiger partial charge < -0.3 is 15.1 Å². The Balaban J connectivity index is 2.07. The highest BCUT2D eigenvalue weighted by Gasteiger charge is 2.48. The van der Waals surface area contributed by atoms with Crippen LogP contribution in [0.15, 0.2) is 24.3 Å². The van der Waals surface area contributed by atoms with Gasteiger partial charge in [-0.15, -0.1) is 5.06 Å². The van der Waals surface area contributed by atoms with E-state index >= 15 is 0 Å². The fraction of sp³-hybridized carbons (Fsp3) is 0.154. The van der Waals surface area contributed by atoms with Crippen LogP contribution in [-0.2, 0) is 29.3 Å². The summed E-state index contributed by atoms with van der Waals surface area (Å²) in [6.07, 6.45) is 1.14. The van der Waals surface area contributed by atoms with Gasteiger partial charge in [0.05, 0.1) is 6.42 Å². The third-order valence-electron chi connectivity index (χ3n) is 3.01. The molecule has 11 heteroatoms. The second-order valence-corrected chi connectivity index (χ2v) is 6.32. The number of phenols is 2. The van der Waals surface area contributed by atoms with Gasteiger partial charge in [-0.05, 0) is 23.8 Å². The molecule has 1 saturated heterocycles.